The van der Waals surface area contributed by atoms with Gasteiger partial charge in [0.2, 0.25) is 0 Å². The van der Waals surface area contributed by atoms with Crippen LogP contribution in [-0.4, -0.2) is 49.2 Å². The standard InChI is InChI=1S/C18H33N5O.HI/c1-14-16(15(2)24-22-14)12-20-17(19-3)21-13-18(23(4)5)10-8-6-7-9-11-18;/h6-13H2,1-5H3,(H2,19,20,21);1H. The van der Waals surface area contributed by atoms with E-state index in [9.17, 15) is 0 Å². The number of nitrogens with one attached hydrogen (secondary N) is 2. The summed E-state index contributed by atoms with van der Waals surface area (Å²) < 4.78 is 5.22. The molecule has 0 radical (unpaired) electrons. The second-order valence-corrected chi connectivity index (χ2v) is 7.12. The predicted octanol–water partition coefficient (Wildman–Crippen LogP) is 3.23. The van der Waals surface area contributed by atoms with Crippen LogP contribution in [0.25, 0.3) is 0 Å². The molecule has 144 valence electrons. The van der Waals surface area contributed by atoms with Gasteiger partial charge in [0.25, 0.3) is 0 Å². The number of likely N-dealkylation sites (N-methyl/N-ethyl adjacent to an activating group) is 1. The molecule has 2 N–H and O–H groups in total. The molecule has 0 amide bonds. The molecule has 1 heterocycles. The third kappa shape index (κ3) is 5.84. The zero-order chi connectivity index (χ0) is 17.6. The van der Waals surface area contributed by atoms with Crippen molar-refractivity contribution in [1.82, 2.24) is 20.7 Å². The highest BCUT2D eigenvalue weighted by atomic mass is 127. The van der Waals surface area contributed by atoms with E-state index in [2.05, 4.69) is 39.8 Å². The summed E-state index contributed by atoms with van der Waals surface area (Å²) >= 11 is 0. The van der Waals surface area contributed by atoms with Gasteiger partial charge in [0, 0.05) is 31.2 Å². The molecule has 0 unspecified atom stereocenters. The fraction of sp³-hybridized carbons (Fsp3) is 0.778. The van der Waals surface area contributed by atoms with Gasteiger partial charge in [-0.2, -0.15) is 0 Å². The molecule has 1 aliphatic rings. The van der Waals surface area contributed by atoms with E-state index in [1.165, 1.54) is 38.5 Å². The Labute approximate surface area is 169 Å². The number of guanidine groups is 1. The quantitative estimate of drug-likeness (QED) is 0.304. The molecule has 6 nitrogen and oxygen atoms in total. The van der Waals surface area contributed by atoms with Gasteiger partial charge in [-0.25, -0.2) is 0 Å². The van der Waals surface area contributed by atoms with Crippen LogP contribution in [0.1, 0.15) is 55.5 Å². The second-order valence-electron chi connectivity index (χ2n) is 7.12. The zero-order valence-corrected chi connectivity index (χ0v) is 18.6. The third-order valence-electron chi connectivity index (χ3n) is 5.41. The van der Waals surface area contributed by atoms with Crippen molar-refractivity contribution in [1.29, 1.82) is 0 Å². The molecule has 0 saturated heterocycles. The SMILES string of the molecule is CN=C(NCc1c(C)noc1C)NCC1(N(C)C)CCCCCC1.I. The van der Waals surface area contributed by atoms with Crippen molar-refractivity contribution in [3.63, 3.8) is 0 Å². The fourth-order valence-electron chi connectivity index (χ4n) is 3.56. The summed E-state index contributed by atoms with van der Waals surface area (Å²) in [6, 6.07) is 0. The first-order chi connectivity index (χ1) is 11.5. The molecular weight excluding hydrogens is 429 g/mol. The first kappa shape index (κ1) is 22.2. The molecule has 7 heteroatoms. The van der Waals surface area contributed by atoms with Gasteiger partial charge >= 0.3 is 0 Å². The number of nitrogens with zero attached hydrogens (tertiary/aromatic N) is 3. The number of hydrogen-bond acceptors (Lipinski definition) is 4. The summed E-state index contributed by atoms with van der Waals surface area (Å²) in [6.07, 6.45) is 7.82. The Bertz CT molecular complexity index is 528. The van der Waals surface area contributed by atoms with Crippen LogP contribution in [0.2, 0.25) is 0 Å². The van der Waals surface area contributed by atoms with Gasteiger partial charge in [-0.05, 0) is 40.8 Å². The maximum Gasteiger partial charge on any atom is 0.191 e. The summed E-state index contributed by atoms with van der Waals surface area (Å²) in [5, 5.41) is 10.9. The lowest BCUT2D eigenvalue weighted by Crippen LogP contribution is -2.54. The molecule has 0 aliphatic heterocycles. The Morgan fingerprint density at radius 1 is 1.16 bits per heavy atom. The average molecular weight is 463 g/mol. The van der Waals surface area contributed by atoms with Crippen LogP contribution in [0.3, 0.4) is 0 Å². The first-order valence-electron chi connectivity index (χ1n) is 9.02. The van der Waals surface area contributed by atoms with E-state index in [-0.39, 0.29) is 29.5 Å². The van der Waals surface area contributed by atoms with Crippen molar-refractivity contribution < 1.29 is 4.52 Å². The molecule has 25 heavy (non-hydrogen) atoms. The molecule has 0 atom stereocenters. The Hall–Kier alpha value is -0.830. The first-order valence-corrected chi connectivity index (χ1v) is 9.02. The molecule has 1 aliphatic carbocycles. The summed E-state index contributed by atoms with van der Waals surface area (Å²) in [4.78, 5) is 6.77. The van der Waals surface area contributed by atoms with Gasteiger partial charge in [0.1, 0.15) is 5.76 Å². The van der Waals surface area contributed by atoms with Gasteiger partial charge in [0.05, 0.1) is 5.69 Å². The number of rotatable bonds is 5. The highest BCUT2D eigenvalue weighted by Crippen LogP contribution is 2.30. The lowest BCUT2D eigenvalue weighted by Gasteiger charge is -2.40. The van der Waals surface area contributed by atoms with E-state index in [1.54, 1.807) is 0 Å². The van der Waals surface area contributed by atoms with Gasteiger partial charge in [-0.1, -0.05) is 30.8 Å². The zero-order valence-electron chi connectivity index (χ0n) is 16.3. The number of halogens is 1. The van der Waals surface area contributed by atoms with Crippen LogP contribution in [-0.2, 0) is 6.54 Å². The summed E-state index contributed by atoms with van der Waals surface area (Å²) in [7, 11) is 6.22. The lowest BCUT2D eigenvalue weighted by atomic mass is 9.89. The number of aryl methyl sites for hydroxylation is 2. The number of hydrogen-bond donors (Lipinski definition) is 2. The van der Waals surface area contributed by atoms with Crippen molar-refractivity contribution in [3.8, 4) is 0 Å². The fourth-order valence-corrected chi connectivity index (χ4v) is 3.56. The minimum Gasteiger partial charge on any atom is -0.361 e. The Balaban J connectivity index is 0.00000312. The molecule has 1 saturated carbocycles. The van der Waals surface area contributed by atoms with Crippen molar-refractivity contribution in [2.75, 3.05) is 27.7 Å². The smallest absolute Gasteiger partial charge is 0.191 e. The van der Waals surface area contributed by atoms with E-state index in [4.69, 9.17) is 4.52 Å². The van der Waals surface area contributed by atoms with Crippen LogP contribution in [0.4, 0.5) is 0 Å². The molecule has 0 aromatic carbocycles. The van der Waals surface area contributed by atoms with E-state index in [1.807, 2.05) is 20.9 Å². The van der Waals surface area contributed by atoms with Crippen molar-refractivity contribution in [2.45, 2.75) is 64.5 Å². The van der Waals surface area contributed by atoms with Crippen LogP contribution < -0.4 is 10.6 Å². The highest BCUT2D eigenvalue weighted by molar-refractivity contribution is 14.0. The Morgan fingerprint density at radius 3 is 2.28 bits per heavy atom. The van der Waals surface area contributed by atoms with Crippen LogP contribution >= 0.6 is 24.0 Å². The number of aromatic nitrogens is 1. The van der Waals surface area contributed by atoms with E-state index in [0.717, 1.165) is 29.5 Å². The molecule has 1 aromatic rings. The molecule has 2 rings (SSSR count). The van der Waals surface area contributed by atoms with Crippen LogP contribution in [0, 0.1) is 13.8 Å². The molecule has 0 bridgehead atoms. The molecule has 1 aromatic heterocycles. The Kier molecular flexibility index (Phi) is 9.20. The normalized spacial score (nSPS) is 17.8. The third-order valence-corrected chi connectivity index (χ3v) is 5.41. The molecule has 0 spiro atoms. The van der Waals surface area contributed by atoms with Gasteiger partial charge in [0.15, 0.2) is 5.96 Å². The predicted molar refractivity (Wildman–Crippen MR) is 114 cm³/mol. The molecule has 1 fully saturated rings. The van der Waals surface area contributed by atoms with E-state index >= 15 is 0 Å². The van der Waals surface area contributed by atoms with Crippen molar-refractivity contribution >= 4 is 29.9 Å². The average Bonchev–Trinajstić information content (AvgIpc) is 2.77. The summed E-state index contributed by atoms with van der Waals surface area (Å²) in [5.74, 6) is 1.70. The topological polar surface area (TPSA) is 65.7 Å². The largest absolute Gasteiger partial charge is 0.361 e. The maximum atomic E-state index is 5.22. The monoisotopic (exact) mass is 463 g/mol. The minimum absolute atomic E-state index is 0. The molecular formula is C18H34IN5O. The second kappa shape index (κ2) is 10.4. The van der Waals surface area contributed by atoms with E-state index < -0.39 is 0 Å². The van der Waals surface area contributed by atoms with E-state index in [0.29, 0.717) is 6.54 Å². The minimum atomic E-state index is 0. The van der Waals surface area contributed by atoms with Crippen LogP contribution in [0.5, 0.6) is 0 Å². The van der Waals surface area contributed by atoms with Crippen LogP contribution in [0.15, 0.2) is 9.52 Å². The summed E-state index contributed by atoms with van der Waals surface area (Å²) in [6.45, 7) is 5.51. The Morgan fingerprint density at radius 2 is 1.80 bits per heavy atom. The number of aliphatic imine (C=N–C) groups is 1. The van der Waals surface area contributed by atoms with Gasteiger partial charge < -0.3 is 20.1 Å². The maximum absolute atomic E-state index is 5.22. The summed E-state index contributed by atoms with van der Waals surface area (Å²) in [5.41, 5.74) is 2.26. The van der Waals surface area contributed by atoms with Gasteiger partial charge in [-0.3, -0.25) is 4.99 Å². The highest BCUT2D eigenvalue weighted by Gasteiger charge is 2.33. The van der Waals surface area contributed by atoms with Crippen molar-refractivity contribution in [3.05, 3.63) is 17.0 Å². The van der Waals surface area contributed by atoms with Crippen molar-refractivity contribution in [2.24, 2.45) is 4.99 Å². The van der Waals surface area contributed by atoms with Gasteiger partial charge in [-0.15, -0.1) is 24.0 Å². The lowest BCUT2D eigenvalue weighted by molar-refractivity contribution is 0.132.